The van der Waals surface area contributed by atoms with Crippen molar-refractivity contribution >= 4 is 22.5 Å². The van der Waals surface area contributed by atoms with Crippen LogP contribution in [0.4, 0.5) is 0 Å². The summed E-state index contributed by atoms with van der Waals surface area (Å²) in [5.74, 6) is 0.750. The van der Waals surface area contributed by atoms with Crippen LogP contribution in [0.1, 0.15) is 18.2 Å². The number of hydrogen-bond donors (Lipinski definition) is 1. The van der Waals surface area contributed by atoms with Crippen LogP contribution in [0, 0.1) is 6.92 Å². The van der Waals surface area contributed by atoms with Crippen LogP contribution in [0.25, 0.3) is 10.9 Å². The van der Waals surface area contributed by atoms with Gasteiger partial charge < -0.3 is 9.72 Å². The molecule has 80 valence electrons. The second-order valence-electron chi connectivity index (χ2n) is 3.65. The zero-order valence-electron chi connectivity index (χ0n) is 9.15. The molecule has 2 rings (SSSR count). The quantitative estimate of drug-likeness (QED) is 0.825. The lowest BCUT2D eigenvalue weighted by atomic mass is 10.1. The summed E-state index contributed by atoms with van der Waals surface area (Å²) in [6, 6.07) is 4.06. The molecule has 0 radical (unpaired) electrons. The van der Waals surface area contributed by atoms with Crippen LogP contribution in [0.15, 0.2) is 12.1 Å². The second-order valence-corrected chi connectivity index (χ2v) is 4.02. The van der Waals surface area contributed by atoms with E-state index in [0.29, 0.717) is 5.02 Å². The number of aromatic amines is 1. The van der Waals surface area contributed by atoms with Crippen LogP contribution in [0.3, 0.4) is 0 Å². The summed E-state index contributed by atoms with van der Waals surface area (Å²) in [5.41, 5.74) is 3.48. The van der Waals surface area contributed by atoms with Gasteiger partial charge in [0.25, 0.3) is 0 Å². The molecule has 0 aliphatic carbocycles. The molecule has 1 heterocycles. The highest BCUT2D eigenvalue weighted by Crippen LogP contribution is 2.35. The van der Waals surface area contributed by atoms with Crippen molar-refractivity contribution in [3.8, 4) is 5.75 Å². The molecule has 15 heavy (non-hydrogen) atoms. The Hall–Kier alpha value is -1.15. The third-order valence-electron chi connectivity index (χ3n) is 2.63. The Bertz CT molecular complexity index is 502. The van der Waals surface area contributed by atoms with Crippen molar-refractivity contribution in [2.45, 2.75) is 20.3 Å². The van der Waals surface area contributed by atoms with Crippen LogP contribution in [-0.2, 0) is 6.42 Å². The summed E-state index contributed by atoms with van der Waals surface area (Å²) in [6.45, 7) is 4.15. The van der Waals surface area contributed by atoms with Gasteiger partial charge in [0.1, 0.15) is 5.75 Å². The molecule has 1 aromatic carbocycles. The summed E-state index contributed by atoms with van der Waals surface area (Å²) in [4.78, 5) is 3.33. The molecular formula is C12H14ClNO. The molecule has 0 bridgehead atoms. The van der Waals surface area contributed by atoms with E-state index in [4.69, 9.17) is 16.3 Å². The largest absolute Gasteiger partial charge is 0.495 e. The fraction of sp³-hybridized carbons (Fsp3) is 0.333. The minimum absolute atomic E-state index is 0.689. The highest BCUT2D eigenvalue weighted by atomic mass is 35.5. The SMILES string of the molecule is CCc1cc(OC)c(Cl)c2cc(C)[nH]c12. The van der Waals surface area contributed by atoms with Crippen molar-refractivity contribution in [2.75, 3.05) is 7.11 Å². The topological polar surface area (TPSA) is 25.0 Å². The Morgan fingerprint density at radius 3 is 2.73 bits per heavy atom. The lowest BCUT2D eigenvalue weighted by Gasteiger charge is -2.07. The summed E-state index contributed by atoms with van der Waals surface area (Å²) >= 11 is 6.24. The van der Waals surface area contributed by atoms with Gasteiger partial charge in [-0.15, -0.1) is 0 Å². The predicted octanol–water partition coefficient (Wildman–Crippen LogP) is 3.70. The Morgan fingerprint density at radius 2 is 2.13 bits per heavy atom. The normalized spacial score (nSPS) is 10.9. The van der Waals surface area contributed by atoms with Gasteiger partial charge in [-0.3, -0.25) is 0 Å². The molecule has 0 spiro atoms. The Balaban J connectivity index is 2.83. The van der Waals surface area contributed by atoms with E-state index < -0.39 is 0 Å². The zero-order valence-corrected chi connectivity index (χ0v) is 9.90. The van der Waals surface area contributed by atoms with Crippen LogP contribution in [-0.4, -0.2) is 12.1 Å². The van der Waals surface area contributed by atoms with E-state index in [0.717, 1.165) is 28.8 Å². The first-order valence-electron chi connectivity index (χ1n) is 5.02. The van der Waals surface area contributed by atoms with Crippen molar-refractivity contribution in [3.05, 3.63) is 28.4 Å². The van der Waals surface area contributed by atoms with Crippen molar-refractivity contribution in [1.82, 2.24) is 4.98 Å². The maximum Gasteiger partial charge on any atom is 0.138 e. The third kappa shape index (κ3) is 1.59. The van der Waals surface area contributed by atoms with Crippen LogP contribution >= 0.6 is 11.6 Å². The van der Waals surface area contributed by atoms with E-state index in [9.17, 15) is 0 Å². The standard InChI is InChI=1S/C12H14ClNO/c1-4-8-6-10(15-3)11(13)9-5-7(2)14-12(8)9/h5-6,14H,4H2,1-3H3. The minimum Gasteiger partial charge on any atom is -0.495 e. The van der Waals surface area contributed by atoms with Crippen LogP contribution in [0.2, 0.25) is 5.02 Å². The van der Waals surface area contributed by atoms with Gasteiger partial charge >= 0.3 is 0 Å². The summed E-state index contributed by atoms with van der Waals surface area (Å²) in [7, 11) is 1.64. The highest BCUT2D eigenvalue weighted by Gasteiger charge is 2.11. The van der Waals surface area contributed by atoms with Crippen LogP contribution in [0.5, 0.6) is 5.75 Å². The molecule has 0 saturated carbocycles. The fourth-order valence-corrected chi connectivity index (χ4v) is 2.15. The Morgan fingerprint density at radius 1 is 1.40 bits per heavy atom. The Labute approximate surface area is 94.2 Å². The molecule has 1 N–H and O–H groups in total. The van der Waals surface area contributed by atoms with Crippen molar-refractivity contribution < 1.29 is 4.74 Å². The maximum atomic E-state index is 6.24. The molecule has 0 unspecified atom stereocenters. The molecule has 0 amide bonds. The number of fused-ring (bicyclic) bond motifs is 1. The first kappa shape index (κ1) is 10.4. The number of aryl methyl sites for hydroxylation is 2. The molecule has 0 atom stereocenters. The average Bonchev–Trinajstić information content (AvgIpc) is 2.61. The number of aromatic nitrogens is 1. The van der Waals surface area contributed by atoms with Gasteiger partial charge in [0.15, 0.2) is 0 Å². The number of benzene rings is 1. The number of hydrogen-bond acceptors (Lipinski definition) is 1. The first-order chi connectivity index (χ1) is 7.17. The minimum atomic E-state index is 0.689. The summed E-state index contributed by atoms with van der Waals surface area (Å²) in [5, 5.41) is 1.74. The molecule has 0 fully saturated rings. The maximum absolute atomic E-state index is 6.24. The summed E-state index contributed by atoms with van der Waals surface area (Å²) in [6.07, 6.45) is 0.962. The number of nitrogens with one attached hydrogen (secondary N) is 1. The number of methoxy groups -OCH3 is 1. The van der Waals surface area contributed by atoms with E-state index in [1.165, 1.54) is 5.56 Å². The number of rotatable bonds is 2. The molecule has 2 aromatic rings. The van der Waals surface area contributed by atoms with Gasteiger partial charge in [0.05, 0.1) is 17.6 Å². The van der Waals surface area contributed by atoms with Gasteiger partial charge in [-0.2, -0.15) is 0 Å². The van der Waals surface area contributed by atoms with E-state index in [1.54, 1.807) is 7.11 Å². The Kier molecular flexibility index (Phi) is 2.61. The molecule has 3 heteroatoms. The van der Waals surface area contributed by atoms with Gasteiger partial charge in [0.2, 0.25) is 0 Å². The molecule has 2 nitrogen and oxygen atoms in total. The van der Waals surface area contributed by atoms with Crippen molar-refractivity contribution in [1.29, 1.82) is 0 Å². The molecule has 0 saturated heterocycles. The lowest BCUT2D eigenvalue weighted by Crippen LogP contribution is -1.89. The molecular weight excluding hydrogens is 210 g/mol. The summed E-state index contributed by atoms with van der Waals surface area (Å²) < 4.78 is 5.26. The van der Waals surface area contributed by atoms with E-state index >= 15 is 0 Å². The highest BCUT2D eigenvalue weighted by molar-refractivity contribution is 6.37. The smallest absolute Gasteiger partial charge is 0.138 e. The zero-order chi connectivity index (χ0) is 11.0. The van der Waals surface area contributed by atoms with Gasteiger partial charge in [-0.25, -0.2) is 0 Å². The number of H-pyrrole nitrogens is 1. The number of ether oxygens (including phenoxy) is 1. The predicted molar refractivity (Wildman–Crippen MR) is 64.0 cm³/mol. The lowest BCUT2D eigenvalue weighted by molar-refractivity contribution is 0.415. The fourth-order valence-electron chi connectivity index (χ4n) is 1.87. The first-order valence-corrected chi connectivity index (χ1v) is 5.39. The average molecular weight is 224 g/mol. The van der Waals surface area contributed by atoms with E-state index in [2.05, 4.69) is 18.0 Å². The van der Waals surface area contributed by atoms with Gasteiger partial charge in [-0.05, 0) is 31.0 Å². The number of halogens is 1. The third-order valence-corrected chi connectivity index (χ3v) is 3.02. The van der Waals surface area contributed by atoms with Crippen molar-refractivity contribution in [2.24, 2.45) is 0 Å². The van der Waals surface area contributed by atoms with E-state index in [1.807, 2.05) is 13.0 Å². The van der Waals surface area contributed by atoms with Gasteiger partial charge in [-0.1, -0.05) is 18.5 Å². The molecule has 0 aliphatic rings. The molecule has 0 aliphatic heterocycles. The van der Waals surface area contributed by atoms with E-state index in [-0.39, 0.29) is 0 Å². The second kappa shape index (κ2) is 3.78. The van der Waals surface area contributed by atoms with Crippen LogP contribution < -0.4 is 4.74 Å². The molecule has 1 aromatic heterocycles. The monoisotopic (exact) mass is 223 g/mol. The van der Waals surface area contributed by atoms with Crippen molar-refractivity contribution in [3.63, 3.8) is 0 Å². The van der Waals surface area contributed by atoms with Gasteiger partial charge in [0, 0.05) is 11.1 Å².